The number of nitrogens with one attached hydrogen (secondary N) is 3. The van der Waals surface area contributed by atoms with Crippen LogP contribution in [-0.4, -0.2) is 104 Å². The Morgan fingerprint density at radius 1 is 1.10 bits per heavy atom. The maximum Gasteiger partial charge on any atom is 0.408 e. The number of para-hydroxylation sites is 1. The van der Waals surface area contributed by atoms with Gasteiger partial charge >= 0.3 is 6.09 Å². The maximum atomic E-state index is 14.9. The largest absolute Gasteiger partial charge is 0.492 e. The molecule has 0 radical (unpaired) electrons. The zero-order valence-corrected chi connectivity index (χ0v) is 36.8. The number of ether oxygens (including phenoxy) is 4. The molecule has 7 rings (SSSR count). The van der Waals surface area contributed by atoms with E-state index in [1.165, 1.54) is 11.0 Å². The Kier molecular flexibility index (Phi) is 12.8. The second-order valence-corrected chi connectivity index (χ2v) is 20.8. The highest BCUT2D eigenvalue weighted by Crippen LogP contribution is 2.47. The number of allylic oxidation sites excluding steroid dienone is 2. The van der Waals surface area contributed by atoms with Crippen LogP contribution in [0.25, 0.3) is 10.9 Å². The van der Waals surface area contributed by atoms with Crippen molar-refractivity contribution in [3.63, 3.8) is 0 Å². The van der Waals surface area contributed by atoms with Crippen molar-refractivity contribution in [3.8, 4) is 11.6 Å². The van der Waals surface area contributed by atoms with E-state index >= 15 is 0 Å². The molecule has 1 aromatic heterocycles. The molecule has 2 aromatic rings. The molecule has 332 valence electrons. The summed E-state index contributed by atoms with van der Waals surface area (Å²) < 4.78 is 52.0. The van der Waals surface area contributed by atoms with Crippen molar-refractivity contribution >= 4 is 44.7 Å². The van der Waals surface area contributed by atoms with Crippen molar-refractivity contribution in [2.24, 2.45) is 17.3 Å². The number of aromatic nitrogens is 1. The van der Waals surface area contributed by atoms with Gasteiger partial charge in [0.05, 0.1) is 29.0 Å². The molecule has 1 unspecified atom stereocenters. The zero-order chi connectivity index (χ0) is 43.7. The van der Waals surface area contributed by atoms with Crippen LogP contribution in [0, 0.1) is 17.3 Å². The van der Waals surface area contributed by atoms with Crippen LogP contribution < -0.4 is 24.8 Å². The van der Waals surface area contributed by atoms with Crippen molar-refractivity contribution < 1.29 is 46.5 Å². The molecule has 2 bridgehead atoms. The minimum Gasteiger partial charge on any atom is -0.492 e. The Morgan fingerprint density at radius 2 is 1.87 bits per heavy atom. The van der Waals surface area contributed by atoms with Crippen LogP contribution in [0.2, 0.25) is 0 Å². The SMILES string of the molecule is C=CC1C[C@]1(NC(=O)[C@@H]1C[C@@H]2CN1C(=O)[C@H](C(C)(C)C)NC(=O)O[C@@H]1CCC[C@H]1CC/C=C/Cc1c(nc3ccccc3c1OCCCOC)O2)C(=O)NS(=O)(=O)C1(C)CC1. The summed E-state index contributed by atoms with van der Waals surface area (Å²) in [6.07, 6.45) is 10.1. The Balaban J connectivity index is 1.26. The predicted octanol–water partition coefficient (Wildman–Crippen LogP) is 5.26. The quantitative estimate of drug-likeness (QED) is 0.197. The average molecular weight is 864 g/mol. The first-order valence-electron chi connectivity index (χ1n) is 21.6. The number of nitrogens with zero attached hydrogens (tertiary/aromatic N) is 2. The smallest absolute Gasteiger partial charge is 0.408 e. The number of carbonyl (C=O) groups is 4. The summed E-state index contributed by atoms with van der Waals surface area (Å²) in [6.45, 7) is 11.7. The van der Waals surface area contributed by atoms with Gasteiger partial charge in [0.1, 0.15) is 35.6 Å². The number of fused-ring (bicyclic) bond motifs is 5. The van der Waals surface area contributed by atoms with Gasteiger partial charge in [0, 0.05) is 37.9 Å². The van der Waals surface area contributed by atoms with E-state index < -0.39 is 73.6 Å². The van der Waals surface area contributed by atoms with Crippen molar-refractivity contribution in [1.29, 1.82) is 0 Å². The van der Waals surface area contributed by atoms with E-state index in [0.29, 0.717) is 61.6 Å². The number of hydrogen-bond acceptors (Lipinski definition) is 11. The minimum absolute atomic E-state index is 0.00325. The zero-order valence-electron chi connectivity index (χ0n) is 36.0. The lowest BCUT2D eigenvalue weighted by Crippen LogP contribution is -2.60. The summed E-state index contributed by atoms with van der Waals surface area (Å²) in [6, 6.07) is 5.35. The van der Waals surface area contributed by atoms with Crippen molar-refractivity contribution in [1.82, 2.24) is 25.2 Å². The second-order valence-electron chi connectivity index (χ2n) is 18.6. The molecule has 4 fully saturated rings. The molecule has 5 aliphatic rings. The Labute approximate surface area is 358 Å². The van der Waals surface area contributed by atoms with E-state index in [0.717, 1.165) is 37.5 Å². The normalized spacial score (nSPS) is 29.4. The fourth-order valence-corrected chi connectivity index (χ4v) is 10.2. The third kappa shape index (κ3) is 9.40. The molecule has 15 nitrogen and oxygen atoms in total. The third-order valence-corrected chi connectivity index (χ3v) is 15.2. The second kappa shape index (κ2) is 17.6. The van der Waals surface area contributed by atoms with E-state index in [-0.39, 0.29) is 31.4 Å². The molecule has 3 N–H and O–H groups in total. The summed E-state index contributed by atoms with van der Waals surface area (Å²) in [7, 11) is -2.38. The molecule has 4 amide bonds. The highest BCUT2D eigenvalue weighted by atomic mass is 32.2. The fraction of sp³-hybridized carbons (Fsp3) is 0.622. The van der Waals surface area contributed by atoms with Crippen LogP contribution in [0.4, 0.5) is 4.79 Å². The number of benzene rings is 1. The first-order valence-corrected chi connectivity index (χ1v) is 23.1. The predicted molar refractivity (Wildman–Crippen MR) is 228 cm³/mol. The summed E-state index contributed by atoms with van der Waals surface area (Å²) in [5, 5.41) is 6.53. The van der Waals surface area contributed by atoms with Gasteiger partial charge in [0.2, 0.25) is 27.7 Å². The number of rotatable bonds is 11. The molecule has 3 aliphatic carbocycles. The number of amides is 4. The lowest BCUT2D eigenvalue weighted by atomic mass is 9.85. The van der Waals surface area contributed by atoms with Gasteiger partial charge in [-0.15, -0.1) is 6.58 Å². The van der Waals surface area contributed by atoms with E-state index in [1.807, 2.05) is 45.0 Å². The van der Waals surface area contributed by atoms with Gasteiger partial charge in [-0.25, -0.2) is 18.2 Å². The molecule has 1 aromatic carbocycles. The highest BCUT2D eigenvalue weighted by Gasteiger charge is 2.63. The van der Waals surface area contributed by atoms with Crippen LogP contribution in [0.1, 0.15) is 97.5 Å². The fourth-order valence-electron chi connectivity index (χ4n) is 8.89. The first kappa shape index (κ1) is 44.4. The highest BCUT2D eigenvalue weighted by molar-refractivity contribution is 7.91. The average Bonchev–Trinajstić information content (AvgIpc) is 4.03. The number of hydrogen-bond donors (Lipinski definition) is 3. The molecule has 1 saturated heterocycles. The Morgan fingerprint density at radius 3 is 2.57 bits per heavy atom. The first-order chi connectivity index (χ1) is 29.0. The van der Waals surface area contributed by atoms with Crippen molar-refractivity contribution in [2.75, 3.05) is 26.9 Å². The lowest BCUT2D eigenvalue weighted by molar-refractivity contribution is -0.143. The van der Waals surface area contributed by atoms with Crippen LogP contribution in [0.15, 0.2) is 49.1 Å². The molecular formula is C45H61N5O10S. The minimum atomic E-state index is -4.02. The Hall–Kier alpha value is -4.70. The van der Waals surface area contributed by atoms with Gasteiger partial charge in [0.25, 0.3) is 5.91 Å². The molecule has 61 heavy (non-hydrogen) atoms. The van der Waals surface area contributed by atoms with Crippen LogP contribution in [0.3, 0.4) is 0 Å². The molecule has 2 aliphatic heterocycles. The third-order valence-electron chi connectivity index (χ3n) is 13.1. The molecular weight excluding hydrogens is 803 g/mol. The van der Waals surface area contributed by atoms with Crippen LogP contribution in [0.5, 0.6) is 11.6 Å². The maximum absolute atomic E-state index is 14.9. The molecule has 7 atom stereocenters. The number of methoxy groups -OCH3 is 1. The van der Waals surface area contributed by atoms with Crippen LogP contribution in [-0.2, 0) is 40.3 Å². The summed E-state index contributed by atoms with van der Waals surface area (Å²) in [5.74, 6) is -1.51. The molecule has 3 saturated carbocycles. The number of sulfonamides is 1. The lowest BCUT2D eigenvalue weighted by Gasteiger charge is -2.35. The number of alkyl carbamates (subject to hydrolysis) is 1. The summed E-state index contributed by atoms with van der Waals surface area (Å²) >= 11 is 0. The summed E-state index contributed by atoms with van der Waals surface area (Å²) in [4.78, 5) is 63.3. The number of carbonyl (C=O) groups excluding carboxylic acids is 4. The van der Waals surface area contributed by atoms with Crippen molar-refractivity contribution in [2.45, 2.75) is 133 Å². The van der Waals surface area contributed by atoms with Gasteiger partial charge < -0.3 is 34.5 Å². The van der Waals surface area contributed by atoms with Gasteiger partial charge in [-0.05, 0) is 88.2 Å². The Bertz CT molecular complexity index is 2170. The molecule has 0 spiro atoms. The van der Waals surface area contributed by atoms with E-state index in [2.05, 4.69) is 34.1 Å². The van der Waals surface area contributed by atoms with E-state index in [4.69, 9.17) is 23.9 Å². The standard InChI is InChI=1S/C45H61N5O10S/c1-7-29-26-45(29,41(53)49-61(55,56)44(5)21-22-44)48-38(51)34-25-30-27-50(34)40(52)37(43(2,3)4)47-42(54)60-35-20-13-16-28(35)15-9-8-10-18-32-36(58-24-14-23-57-6)31-17-11-12-19-33(31)46-39(32)59-30/h7-8,10-12,17,19,28-30,34-35,37H,1,9,13-16,18,20-27H2,2-6H3,(H,47,54)(H,48,51)(H,49,53)/b10-8+/t28-,29?,30-,34+,35-,37-,45-/m1/s1. The van der Waals surface area contributed by atoms with Gasteiger partial charge in [-0.1, -0.05) is 51.1 Å². The van der Waals surface area contributed by atoms with Crippen LogP contribution >= 0.6 is 0 Å². The van der Waals surface area contributed by atoms with E-state index in [9.17, 15) is 27.6 Å². The molecule has 16 heteroatoms. The number of pyridine rings is 1. The van der Waals surface area contributed by atoms with Gasteiger partial charge in [-0.2, -0.15) is 0 Å². The van der Waals surface area contributed by atoms with Gasteiger partial charge in [-0.3, -0.25) is 19.1 Å². The molecule has 3 heterocycles. The van der Waals surface area contributed by atoms with Gasteiger partial charge in [0.15, 0.2) is 0 Å². The van der Waals surface area contributed by atoms with E-state index in [1.54, 1.807) is 14.0 Å². The topological polar surface area (TPSA) is 192 Å². The van der Waals surface area contributed by atoms with Crippen molar-refractivity contribution in [3.05, 3.63) is 54.6 Å². The summed E-state index contributed by atoms with van der Waals surface area (Å²) in [5.41, 5.74) is -1.05. The monoisotopic (exact) mass is 863 g/mol.